The van der Waals surface area contributed by atoms with E-state index in [-0.39, 0.29) is 0 Å². The van der Waals surface area contributed by atoms with Gasteiger partial charge in [0.1, 0.15) is 0 Å². The summed E-state index contributed by atoms with van der Waals surface area (Å²) < 4.78 is 2.27. The van der Waals surface area contributed by atoms with Gasteiger partial charge < -0.3 is 9.88 Å². The average molecular weight is 245 g/mol. The van der Waals surface area contributed by atoms with E-state index < -0.39 is 0 Å². The SMILES string of the molecule is CCCNCC(C)n1cnc2cc(C)c(C)cc21. The van der Waals surface area contributed by atoms with Crippen LogP contribution in [0.4, 0.5) is 0 Å². The fourth-order valence-electron chi connectivity index (χ4n) is 2.22. The van der Waals surface area contributed by atoms with E-state index in [0.29, 0.717) is 6.04 Å². The van der Waals surface area contributed by atoms with Crippen LogP contribution in [0.15, 0.2) is 18.5 Å². The summed E-state index contributed by atoms with van der Waals surface area (Å²) in [6, 6.07) is 4.85. The molecule has 0 radical (unpaired) electrons. The van der Waals surface area contributed by atoms with Gasteiger partial charge in [0.2, 0.25) is 0 Å². The molecule has 0 aliphatic carbocycles. The molecular formula is C15H23N3. The second-order valence-electron chi connectivity index (χ2n) is 5.13. The third kappa shape index (κ3) is 2.56. The maximum absolute atomic E-state index is 4.51. The van der Waals surface area contributed by atoms with Crippen molar-refractivity contribution in [3.63, 3.8) is 0 Å². The van der Waals surface area contributed by atoms with Gasteiger partial charge in [-0.3, -0.25) is 0 Å². The van der Waals surface area contributed by atoms with Crippen molar-refractivity contribution in [3.8, 4) is 0 Å². The first-order chi connectivity index (χ1) is 8.63. The number of aromatic nitrogens is 2. The Morgan fingerprint density at radius 2 is 2.00 bits per heavy atom. The van der Waals surface area contributed by atoms with E-state index in [1.165, 1.54) is 23.1 Å². The number of hydrogen-bond donors (Lipinski definition) is 1. The van der Waals surface area contributed by atoms with E-state index in [2.05, 4.69) is 54.7 Å². The molecule has 3 nitrogen and oxygen atoms in total. The van der Waals surface area contributed by atoms with E-state index in [0.717, 1.165) is 18.6 Å². The highest BCUT2D eigenvalue weighted by Gasteiger charge is 2.10. The maximum atomic E-state index is 4.51. The molecule has 1 N–H and O–H groups in total. The van der Waals surface area contributed by atoms with Gasteiger partial charge in [-0.05, 0) is 57.0 Å². The zero-order valence-electron chi connectivity index (χ0n) is 11.8. The summed E-state index contributed by atoms with van der Waals surface area (Å²) in [6.07, 6.45) is 3.14. The lowest BCUT2D eigenvalue weighted by molar-refractivity contribution is 0.503. The molecule has 1 aromatic heterocycles. The van der Waals surface area contributed by atoms with Crippen LogP contribution in [0.2, 0.25) is 0 Å². The van der Waals surface area contributed by atoms with E-state index in [4.69, 9.17) is 0 Å². The van der Waals surface area contributed by atoms with Gasteiger partial charge >= 0.3 is 0 Å². The lowest BCUT2D eigenvalue weighted by atomic mass is 10.1. The Morgan fingerprint density at radius 3 is 2.72 bits per heavy atom. The van der Waals surface area contributed by atoms with Gasteiger partial charge in [0, 0.05) is 12.6 Å². The lowest BCUT2D eigenvalue weighted by Crippen LogP contribution is -2.23. The first-order valence-corrected chi connectivity index (χ1v) is 6.78. The molecule has 2 aromatic rings. The molecule has 3 heteroatoms. The number of nitrogens with one attached hydrogen (secondary N) is 1. The summed E-state index contributed by atoms with van der Waals surface area (Å²) in [7, 11) is 0. The fourth-order valence-corrected chi connectivity index (χ4v) is 2.22. The maximum Gasteiger partial charge on any atom is 0.0961 e. The number of imidazole rings is 1. The smallest absolute Gasteiger partial charge is 0.0961 e. The highest BCUT2D eigenvalue weighted by molar-refractivity contribution is 5.77. The Balaban J connectivity index is 2.25. The molecule has 0 amide bonds. The quantitative estimate of drug-likeness (QED) is 0.820. The summed E-state index contributed by atoms with van der Waals surface area (Å²) in [5.41, 5.74) is 4.98. The van der Waals surface area contributed by atoms with Crippen molar-refractivity contribution >= 4 is 11.0 Å². The Morgan fingerprint density at radius 1 is 1.28 bits per heavy atom. The largest absolute Gasteiger partial charge is 0.326 e. The van der Waals surface area contributed by atoms with Gasteiger partial charge in [-0.2, -0.15) is 0 Å². The van der Waals surface area contributed by atoms with Gasteiger partial charge in [-0.15, -0.1) is 0 Å². The Kier molecular flexibility index (Phi) is 4.02. The van der Waals surface area contributed by atoms with Crippen molar-refractivity contribution in [2.75, 3.05) is 13.1 Å². The predicted molar refractivity (Wildman–Crippen MR) is 77.1 cm³/mol. The number of fused-ring (bicyclic) bond motifs is 1. The predicted octanol–water partition coefficient (Wildman–Crippen LogP) is 3.21. The fraction of sp³-hybridized carbons (Fsp3) is 0.533. The van der Waals surface area contributed by atoms with Crippen LogP contribution >= 0.6 is 0 Å². The minimum atomic E-state index is 0.434. The third-order valence-electron chi connectivity index (χ3n) is 3.53. The van der Waals surface area contributed by atoms with E-state index in [1.54, 1.807) is 0 Å². The molecule has 0 spiro atoms. The topological polar surface area (TPSA) is 29.9 Å². The highest BCUT2D eigenvalue weighted by Crippen LogP contribution is 2.21. The van der Waals surface area contributed by atoms with Crippen molar-refractivity contribution in [1.29, 1.82) is 0 Å². The van der Waals surface area contributed by atoms with Crippen molar-refractivity contribution in [2.24, 2.45) is 0 Å². The monoisotopic (exact) mass is 245 g/mol. The van der Waals surface area contributed by atoms with Gasteiger partial charge in [-0.25, -0.2) is 4.98 Å². The molecule has 0 aliphatic heterocycles. The number of rotatable bonds is 5. The number of nitrogens with zero attached hydrogens (tertiary/aromatic N) is 2. The van der Waals surface area contributed by atoms with E-state index in [9.17, 15) is 0 Å². The minimum absolute atomic E-state index is 0.434. The molecule has 0 bridgehead atoms. The second-order valence-corrected chi connectivity index (χ2v) is 5.13. The summed E-state index contributed by atoms with van der Waals surface area (Å²) in [5.74, 6) is 0. The van der Waals surface area contributed by atoms with Crippen molar-refractivity contribution in [1.82, 2.24) is 14.9 Å². The molecule has 98 valence electrons. The summed E-state index contributed by atoms with van der Waals surface area (Å²) in [6.45, 7) is 10.8. The molecular weight excluding hydrogens is 222 g/mol. The van der Waals surface area contributed by atoms with Crippen LogP contribution in [0.3, 0.4) is 0 Å². The van der Waals surface area contributed by atoms with Crippen LogP contribution < -0.4 is 5.32 Å². The van der Waals surface area contributed by atoms with Crippen LogP contribution in [0.25, 0.3) is 11.0 Å². The molecule has 0 aliphatic rings. The highest BCUT2D eigenvalue weighted by atomic mass is 15.1. The van der Waals surface area contributed by atoms with Crippen molar-refractivity contribution in [3.05, 3.63) is 29.6 Å². The summed E-state index contributed by atoms with van der Waals surface area (Å²) in [5, 5.41) is 3.47. The molecule has 1 heterocycles. The molecule has 0 saturated heterocycles. The molecule has 18 heavy (non-hydrogen) atoms. The van der Waals surface area contributed by atoms with Crippen LogP contribution in [0.5, 0.6) is 0 Å². The molecule has 2 rings (SSSR count). The first-order valence-electron chi connectivity index (χ1n) is 6.78. The minimum Gasteiger partial charge on any atom is -0.326 e. The third-order valence-corrected chi connectivity index (χ3v) is 3.53. The normalized spacial score (nSPS) is 13.1. The standard InChI is InChI=1S/C15H23N3/c1-5-6-16-9-13(4)18-10-17-14-7-11(2)12(3)8-15(14)18/h7-8,10,13,16H,5-6,9H2,1-4H3. The van der Waals surface area contributed by atoms with E-state index in [1.807, 2.05) is 6.33 Å². The van der Waals surface area contributed by atoms with Crippen LogP contribution in [-0.2, 0) is 0 Å². The molecule has 0 fully saturated rings. The van der Waals surface area contributed by atoms with Gasteiger partial charge in [0.25, 0.3) is 0 Å². The van der Waals surface area contributed by atoms with Gasteiger partial charge in [0.15, 0.2) is 0 Å². The number of benzene rings is 1. The first kappa shape index (κ1) is 13.1. The summed E-state index contributed by atoms with van der Waals surface area (Å²) in [4.78, 5) is 4.51. The van der Waals surface area contributed by atoms with E-state index >= 15 is 0 Å². The lowest BCUT2D eigenvalue weighted by Gasteiger charge is -2.15. The van der Waals surface area contributed by atoms with Crippen LogP contribution in [-0.4, -0.2) is 22.6 Å². The molecule has 1 atom stereocenters. The van der Waals surface area contributed by atoms with Crippen molar-refractivity contribution in [2.45, 2.75) is 40.2 Å². The zero-order valence-corrected chi connectivity index (χ0v) is 11.8. The Labute approximate surface area is 109 Å². The Bertz CT molecular complexity index is 528. The number of hydrogen-bond acceptors (Lipinski definition) is 2. The molecule has 1 aromatic carbocycles. The number of aryl methyl sites for hydroxylation is 2. The van der Waals surface area contributed by atoms with Crippen molar-refractivity contribution < 1.29 is 0 Å². The van der Waals surface area contributed by atoms with Crippen LogP contribution in [0, 0.1) is 13.8 Å². The second kappa shape index (κ2) is 5.53. The molecule has 1 unspecified atom stereocenters. The Hall–Kier alpha value is -1.35. The average Bonchev–Trinajstić information content (AvgIpc) is 2.73. The van der Waals surface area contributed by atoms with Gasteiger partial charge in [0.05, 0.1) is 17.4 Å². The summed E-state index contributed by atoms with van der Waals surface area (Å²) >= 11 is 0. The zero-order chi connectivity index (χ0) is 13.1. The molecule has 0 saturated carbocycles. The van der Waals surface area contributed by atoms with Crippen LogP contribution in [0.1, 0.15) is 37.4 Å². The van der Waals surface area contributed by atoms with Gasteiger partial charge in [-0.1, -0.05) is 6.92 Å².